The molecular weight excluding hydrogens is 260 g/mol. The van der Waals surface area contributed by atoms with E-state index in [0.717, 1.165) is 6.42 Å². The summed E-state index contributed by atoms with van der Waals surface area (Å²) < 4.78 is 0. The Morgan fingerprint density at radius 2 is 2.10 bits per heavy atom. The zero-order valence-corrected chi connectivity index (χ0v) is 11.7. The van der Waals surface area contributed by atoms with Crippen LogP contribution < -0.4 is 5.32 Å². The molecule has 0 aromatic heterocycles. The van der Waals surface area contributed by atoms with Gasteiger partial charge in [-0.3, -0.25) is 14.9 Å². The molecule has 0 saturated heterocycles. The number of nitro benzene ring substituents is 1. The minimum Gasteiger partial charge on any atom is -0.480 e. The van der Waals surface area contributed by atoms with E-state index in [0.29, 0.717) is 18.4 Å². The highest BCUT2D eigenvalue weighted by atomic mass is 16.6. The molecule has 0 aliphatic rings. The normalized spacial score (nSPS) is 13.7. The Balaban J connectivity index is 2.73. The van der Waals surface area contributed by atoms with Crippen molar-refractivity contribution < 1.29 is 14.8 Å². The van der Waals surface area contributed by atoms with E-state index in [4.69, 9.17) is 5.11 Å². The number of nitro groups is 1. The average Bonchev–Trinajstić information content (AvgIpc) is 2.38. The highest BCUT2D eigenvalue weighted by molar-refractivity contribution is 5.73. The van der Waals surface area contributed by atoms with Crippen LogP contribution in [-0.2, 0) is 11.2 Å². The van der Waals surface area contributed by atoms with Gasteiger partial charge in [0, 0.05) is 17.7 Å². The predicted octanol–water partition coefficient (Wildman–Crippen LogP) is 2.37. The Bertz CT molecular complexity index is 476. The third-order valence-corrected chi connectivity index (χ3v) is 3.08. The molecule has 0 spiro atoms. The van der Waals surface area contributed by atoms with Gasteiger partial charge >= 0.3 is 5.97 Å². The third kappa shape index (κ3) is 4.62. The first-order chi connectivity index (χ1) is 9.45. The lowest BCUT2D eigenvalue weighted by atomic mass is 10.0. The van der Waals surface area contributed by atoms with Gasteiger partial charge in [0.2, 0.25) is 0 Å². The molecule has 0 aliphatic carbocycles. The number of para-hydroxylation sites is 1. The van der Waals surface area contributed by atoms with E-state index >= 15 is 0 Å². The Kier molecular flexibility index (Phi) is 6.11. The number of benzene rings is 1. The third-order valence-electron chi connectivity index (χ3n) is 3.08. The van der Waals surface area contributed by atoms with E-state index in [2.05, 4.69) is 5.32 Å². The first kappa shape index (κ1) is 16.1. The summed E-state index contributed by atoms with van der Waals surface area (Å²) >= 11 is 0. The highest BCUT2D eigenvalue weighted by Gasteiger charge is 2.20. The van der Waals surface area contributed by atoms with Gasteiger partial charge in [-0.1, -0.05) is 31.5 Å². The Morgan fingerprint density at radius 1 is 1.45 bits per heavy atom. The number of nitrogens with one attached hydrogen (secondary N) is 1. The van der Waals surface area contributed by atoms with Crippen LogP contribution >= 0.6 is 0 Å². The van der Waals surface area contributed by atoms with Gasteiger partial charge in [0.1, 0.15) is 6.04 Å². The maximum Gasteiger partial charge on any atom is 0.320 e. The first-order valence-electron chi connectivity index (χ1n) is 6.66. The van der Waals surface area contributed by atoms with Gasteiger partial charge in [-0.05, 0) is 19.8 Å². The van der Waals surface area contributed by atoms with Gasteiger partial charge in [-0.25, -0.2) is 0 Å². The monoisotopic (exact) mass is 280 g/mol. The molecule has 2 unspecified atom stereocenters. The molecule has 0 saturated carbocycles. The largest absolute Gasteiger partial charge is 0.480 e. The van der Waals surface area contributed by atoms with Crippen LogP contribution in [0.2, 0.25) is 0 Å². The molecule has 1 aromatic carbocycles. The summed E-state index contributed by atoms with van der Waals surface area (Å²) in [4.78, 5) is 21.6. The fraction of sp³-hybridized carbons (Fsp3) is 0.500. The van der Waals surface area contributed by atoms with Gasteiger partial charge in [-0.15, -0.1) is 0 Å². The van der Waals surface area contributed by atoms with Crippen LogP contribution in [0.15, 0.2) is 24.3 Å². The molecule has 0 heterocycles. The second-order valence-corrected chi connectivity index (χ2v) is 4.84. The Hall–Kier alpha value is -1.95. The summed E-state index contributed by atoms with van der Waals surface area (Å²) in [5, 5.41) is 23.0. The molecule has 0 aliphatic heterocycles. The zero-order chi connectivity index (χ0) is 15.1. The summed E-state index contributed by atoms with van der Waals surface area (Å²) in [6.07, 6.45) is 1.73. The van der Waals surface area contributed by atoms with Crippen LogP contribution in [0.5, 0.6) is 0 Å². The van der Waals surface area contributed by atoms with Crippen molar-refractivity contribution >= 4 is 11.7 Å². The summed E-state index contributed by atoms with van der Waals surface area (Å²) in [6.45, 7) is 3.76. The fourth-order valence-electron chi connectivity index (χ4n) is 2.16. The number of hydrogen-bond donors (Lipinski definition) is 2. The number of carbonyl (C=O) groups is 1. The second kappa shape index (κ2) is 7.59. The van der Waals surface area contributed by atoms with Crippen molar-refractivity contribution in [1.82, 2.24) is 5.32 Å². The lowest BCUT2D eigenvalue weighted by molar-refractivity contribution is -0.385. The van der Waals surface area contributed by atoms with Gasteiger partial charge in [0.15, 0.2) is 0 Å². The van der Waals surface area contributed by atoms with E-state index in [1.165, 1.54) is 6.07 Å². The van der Waals surface area contributed by atoms with Gasteiger partial charge in [0.25, 0.3) is 5.69 Å². The quantitative estimate of drug-likeness (QED) is 0.563. The van der Waals surface area contributed by atoms with Gasteiger partial charge in [-0.2, -0.15) is 0 Å². The van der Waals surface area contributed by atoms with Gasteiger partial charge in [0.05, 0.1) is 4.92 Å². The van der Waals surface area contributed by atoms with E-state index in [9.17, 15) is 14.9 Å². The van der Waals surface area contributed by atoms with Crippen molar-refractivity contribution in [3.8, 4) is 0 Å². The molecule has 2 N–H and O–H groups in total. The van der Waals surface area contributed by atoms with Crippen molar-refractivity contribution in [2.24, 2.45) is 0 Å². The van der Waals surface area contributed by atoms with Crippen LogP contribution in [0.4, 0.5) is 5.69 Å². The van der Waals surface area contributed by atoms with Crippen LogP contribution in [0.1, 0.15) is 32.3 Å². The minimum absolute atomic E-state index is 0.0727. The van der Waals surface area contributed by atoms with Crippen molar-refractivity contribution in [1.29, 1.82) is 0 Å². The Labute approximate surface area is 118 Å². The summed E-state index contributed by atoms with van der Waals surface area (Å²) in [5.41, 5.74) is 0.682. The number of nitrogens with zero attached hydrogens (tertiary/aromatic N) is 1. The number of carboxylic acid groups (broad SMARTS) is 1. The molecule has 2 atom stereocenters. The van der Waals surface area contributed by atoms with Crippen LogP contribution in [0.3, 0.4) is 0 Å². The summed E-state index contributed by atoms with van der Waals surface area (Å²) in [5.74, 6) is -0.888. The van der Waals surface area contributed by atoms with Crippen molar-refractivity contribution in [3.05, 3.63) is 39.9 Å². The second-order valence-electron chi connectivity index (χ2n) is 4.84. The number of carboxylic acids is 1. The van der Waals surface area contributed by atoms with E-state index in [1.54, 1.807) is 18.2 Å². The molecule has 6 heteroatoms. The molecule has 0 bridgehead atoms. The van der Waals surface area contributed by atoms with E-state index in [-0.39, 0.29) is 11.7 Å². The number of rotatable bonds is 8. The Morgan fingerprint density at radius 3 is 2.65 bits per heavy atom. The van der Waals surface area contributed by atoms with Crippen molar-refractivity contribution in [3.63, 3.8) is 0 Å². The standard InChI is InChI=1S/C14H20N2O4/c1-3-6-12(14(17)18)15-10(2)9-11-7-4-5-8-13(11)16(19)20/h4-5,7-8,10,12,15H,3,6,9H2,1-2H3,(H,17,18). The first-order valence-corrected chi connectivity index (χ1v) is 6.66. The molecule has 0 radical (unpaired) electrons. The van der Waals surface area contributed by atoms with Crippen LogP contribution in [0, 0.1) is 10.1 Å². The molecule has 20 heavy (non-hydrogen) atoms. The maximum absolute atomic E-state index is 11.1. The summed E-state index contributed by atoms with van der Waals surface area (Å²) in [7, 11) is 0. The molecule has 6 nitrogen and oxygen atoms in total. The fourth-order valence-corrected chi connectivity index (χ4v) is 2.16. The van der Waals surface area contributed by atoms with Crippen molar-refractivity contribution in [2.45, 2.75) is 45.2 Å². The van der Waals surface area contributed by atoms with E-state index < -0.39 is 16.9 Å². The highest BCUT2D eigenvalue weighted by Crippen LogP contribution is 2.19. The molecule has 1 rings (SSSR count). The zero-order valence-electron chi connectivity index (χ0n) is 11.7. The molecule has 0 fully saturated rings. The minimum atomic E-state index is -0.888. The van der Waals surface area contributed by atoms with Gasteiger partial charge < -0.3 is 10.4 Å². The van der Waals surface area contributed by atoms with Crippen molar-refractivity contribution in [2.75, 3.05) is 0 Å². The topological polar surface area (TPSA) is 92.5 Å². The SMILES string of the molecule is CCCC(NC(C)Cc1ccccc1[N+](=O)[O-])C(=O)O. The lowest BCUT2D eigenvalue weighted by Gasteiger charge is -2.19. The molecular formula is C14H20N2O4. The smallest absolute Gasteiger partial charge is 0.320 e. The molecule has 0 amide bonds. The maximum atomic E-state index is 11.1. The van der Waals surface area contributed by atoms with Crippen LogP contribution in [0.25, 0.3) is 0 Å². The molecule has 110 valence electrons. The van der Waals surface area contributed by atoms with E-state index in [1.807, 2.05) is 13.8 Å². The number of hydrogen-bond acceptors (Lipinski definition) is 4. The average molecular weight is 280 g/mol. The number of aliphatic carboxylic acids is 1. The predicted molar refractivity (Wildman–Crippen MR) is 75.7 cm³/mol. The lowest BCUT2D eigenvalue weighted by Crippen LogP contribution is -2.42. The van der Waals surface area contributed by atoms with Crippen LogP contribution in [-0.4, -0.2) is 28.1 Å². The molecule has 1 aromatic rings. The summed E-state index contributed by atoms with van der Waals surface area (Å²) in [6, 6.07) is 5.77.